The number of carbonyl (C=O) groups excluding carboxylic acids is 1. The highest BCUT2D eigenvalue weighted by atomic mass is 35.5. The number of halogens is 1. The highest BCUT2D eigenvalue weighted by Crippen LogP contribution is 2.36. The van der Waals surface area contributed by atoms with Crippen LogP contribution in [0.2, 0.25) is 5.02 Å². The van der Waals surface area contributed by atoms with Gasteiger partial charge in [0.1, 0.15) is 0 Å². The fourth-order valence-corrected chi connectivity index (χ4v) is 3.60. The van der Waals surface area contributed by atoms with Crippen molar-refractivity contribution in [3.63, 3.8) is 0 Å². The van der Waals surface area contributed by atoms with E-state index in [9.17, 15) is 4.79 Å². The summed E-state index contributed by atoms with van der Waals surface area (Å²) in [6, 6.07) is 7.59. The molecule has 3 rings (SSSR count). The van der Waals surface area contributed by atoms with Crippen LogP contribution in [-0.2, 0) is 11.2 Å². The maximum absolute atomic E-state index is 12.3. The summed E-state index contributed by atoms with van der Waals surface area (Å²) >= 11 is 5.96. The molecule has 0 unspecified atom stereocenters. The lowest BCUT2D eigenvalue weighted by Gasteiger charge is -2.39. The molecule has 3 nitrogen and oxygen atoms in total. The minimum absolute atomic E-state index is 0.230. The summed E-state index contributed by atoms with van der Waals surface area (Å²) in [6.45, 7) is 4.07. The van der Waals surface area contributed by atoms with Crippen LogP contribution in [0.3, 0.4) is 0 Å². The van der Waals surface area contributed by atoms with Gasteiger partial charge in [-0.15, -0.1) is 0 Å². The number of amides is 1. The van der Waals surface area contributed by atoms with Gasteiger partial charge in [-0.25, -0.2) is 0 Å². The van der Waals surface area contributed by atoms with Gasteiger partial charge in [-0.1, -0.05) is 23.7 Å². The number of hydrogen-bond donors (Lipinski definition) is 1. The minimum Gasteiger partial charge on any atom is -0.342 e. The van der Waals surface area contributed by atoms with Gasteiger partial charge in [0.15, 0.2) is 0 Å². The van der Waals surface area contributed by atoms with E-state index in [-0.39, 0.29) is 5.91 Å². The fourth-order valence-electron chi connectivity index (χ4n) is 3.39. The van der Waals surface area contributed by atoms with Crippen molar-refractivity contribution in [1.82, 2.24) is 10.2 Å². The van der Waals surface area contributed by atoms with E-state index in [2.05, 4.69) is 5.32 Å². The second-order valence-corrected chi connectivity index (χ2v) is 6.55. The zero-order valence-electron chi connectivity index (χ0n) is 11.7. The number of likely N-dealkylation sites (tertiary alicyclic amines) is 1. The zero-order chi connectivity index (χ0) is 14.0. The number of carbonyl (C=O) groups is 1. The smallest absolute Gasteiger partial charge is 0.226 e. The molecule has 2 aliphatic rings. The number of nitrogens with one attached hydrogen (secondary N) is 1. The van der Waals surface area contributed by atoms with Gasteiger partial charge < -0.3 is 10.2 Å². The Labute approximate surface area is 125 Å². The maximum Gasteiger partial charge on any atom is 0.226 e. The molecular weight excluding hydrogens is 272 g/mol. The monoisotopic (exact) mass is 292 g/mol. The van der Waals surface area contributed by atoms with Crippen LogP contribution < -0.4 is 5.32 Å². The van der Waals surface area contributed by atoms with Gasteiger partial charge in [-0.2, -0.15) is 0 Å². The molecule has 0 radical (unpaired) electrons. The van der Waals surface area contributed by atoms with Crippen LogP contribution in [0.4, 0.5) is 0 Å². The van der Waals surface area contributed by atoms with Crippen LogP contribution >= 0.6 is 11.6 Å². The lowest BCUT2D eigenvalue weighted by molar-refractivity contribution is -0.132. The van der Waals surface area contributed by atoms with Gasteiger partial charge in [0.25, 0.3) is 0 Å². The normalized spacial score (nSPS) is 21.4. The second kappa shape index (κ2) is 5.74. The largest absolute Gasteiger partial charge is 0.342 e. The van der Waals surface area contributed by atoms with Gasteiger partial charge >= 0.3 is 0 Å². The molecule has 1 aromatic carbocycles. The molecule has 2 aliphatic heterocycles. The average molecular weight is 293 g/mol. The van der Waals surface area contributed by atoms with Crippen molar-refractivity contribution in [1.29, 1.82) is 0 Å². The summed E-state index contributed by atoms with van der Waals surface area (Å²) in [7, 11) is 0. The maximum atomic E-state index is 12.3. The summed E-state index contributed by atoms with van der Waals surface area (Å²) < 4.78 is 0. The Morgan fingerprint density at radius 1 is 1.30 bits per heavy atom. The van der Waals surface area contributed by atoms with Crippen molar-refractivity contribution in [3.8, 4) is 0 Å². The molecule has 0 bridgehead atoms. The Morgan fingerprint density at radius 3 is 2.75 bits per heavy atom. The standard InChI is InChI=1S/C16H21ClN2O/c17-14-3-1-2-13(10-14)11-15(20)19-8-5-16(6-9-19)4-7-18-12-16/h1-3,10,18H,4-9,11-12H2. The fraction of sp³-hybridized carbons (Fsp3) is 0.562. The Morgan fingerprint density at radius 2 is 2.10 bits per heavy atom. The van der Waals surface area contributed by atoms with Crippen molar-refractivity contribution in [3.05, 3.63) is 34.9 Å². The molecule has 0 aromatic heterocycles. The quantitative estimate of drug-likeness (QED) is 0.908. The molecule has 108 valence electrons. The van der Waals surface area contributed by atoms with Gasteiger partial charge in [0.2, 0.25) is 5.91 Å². The van der Waals surface area contributed by atoms with Crippen LogP contribution in [0.15, 0.2) is 24.3 Å². The molecule has 0 atom stereocenters. The first-order valence-electron chi connectivity index (χ1n) is 7.40. The van der Waals surface area contributed by atoms with Crippen LogP contribution in [0, 0.1) is 5.41 Å². The molecule has 1 N–H and O–H groups in total. The minimum atomic E-state index is 0.230. The third-order valence-corrected chi connectivity index (χ3v) is 4.99. The van der Waals surface area contributed by atoms with E-state index >= 15 is 0 Å². The number of hydrogen-bond acceptors (Lipinski definition) is 2. The van der Waals surface area contributed by atoms with Gasteiger partial charge in [0, 0.05) is 24.7 Å². The van der Waals surface area contributed by atoms with Crippen LogP contribution in [-0.4, -0.2) is 37.0 Å². The molecule has 1 amide bonds. The zero-order valence-corrected chi connectivity index (χ0v) is 12.5. The number of nitrogens with zero attached hydrogens (tertiary/aromatic N) is 1. The van der Waals surface area contributed by atoms with Gasteiger partial charge in [-0.05, 0) is 48.9 Å². The number of benzene rings is 1. The van der Waals surface area contributed by atoms with Gasteiger partial charge in [0.05, 0.1) is 6.42 Å². The Bertz CT molecular complexity index is 487. The third kappa shape index (κ3) is 2.99. The van der Waals surface area contributed by atoms with Gasteiger partial charge in [-0.3, -0.25) is 4.79 Å². The molecule has 1 aromatic rings. The molecule has 4 heteroatoms. The first kappa shape index (κ1) is 13.9. The van der Waals surface area contributed by atoms with Crippen molar-refractivity contribution < 1.29 is 4.79 Å². The van der Waals surface area contributed by atoms with Crippen LogP contribution in [0.1, 0.15) is 24.8 Å². The number of rotatable bonds is 2. The molecule has 2 saturated heterocycles. The Kier molecular flexibility index (Phi) is 3.99. The van der Waals surface area contributed by atoms with E-state index in [1.54, 1.807) is 0 Å². The highest BCUT2D eigenvalue weighted by Gasteiger charge is 2.37. The summed E-state index contributed by atoms with van der Waals surface area (Å²) in [4.78, 5) is 14.4. The first-order valence-corrected chi connectivity index (χ1v) is 7.78. The van der Waals surface area contributed by atoms with Crippen LogP contribution in [0.25, 0.3) is 0 Å². The second-order valence-electron chi connectivity index (χ2n) is 6.11. The lowest BCUT2D eigenvalue weighted by Crippen LogP contribution is -2.44. The molecular formula is C16H21ClN2O. The van der Waals surface area contributed by atoms with E-state index in [0.717, 1.165) is 44.6 Å². The van der Waals surface area contributed by atoms with Crippen molar-refractivity contribution in [2.24, 2.45) is 5.41 Å². The topological polar surface area (TPSA) is 32.3 Å². The van der Waals surface area contributed by atoms with Crippen LogP contribution in [0.5, 0.6) is 0 Å². The molecule has 2 fully saturated rings. The van der Waals surface area contributed by atoms with E-state index in [4.69, 9.17) is 11.6 Å². The summed E-state index contributed by atoms with van der Waals surface area (Å²) in [6.07, 6.45) is 4.01. The summed E-state index contributed by atoms with van der Waals surface area (Å²) in [5, 5.41) is 4.15. The molecule has 2 heterocycles. The molecule has 0 saturated carbocycles. The first-order chi connectivity index (χ1) is 9.67. The SMILES string of the molecule is O=C(Cc1cccc(Cl)c1)N1CCC2(CCNC2)CC1. The van der Waals surface area contributed by atoms with Crippen molar-refractivity contribution >= 4 is 17.5 Å². The Hall–Kier alpha value is -1.06. The highest BCUT2D eigenvalue weighted by molar-refractivity contribution is 6.30. The molecule has 0 aliphatic carbocycles. The van der Waals surface area contributed by atoms with E-state index in [1.165, 1.54) is 6.42 Å². The predicted octanol–water partition coefficient (Wildman–Crippen LogP) is 2.48. The lowest BCUT2D eigenvalue weighted by atomic mass is 9.78. The average Bonchev–Trinajstić information content (AvgIpc) is 2.88. The summed E-state index contributed by atoms with van der Waals surface area (Å²) in [5.41, 5.74) is 1.47. The Balaban J connectivity index is 1.56. The van der Waals surface area contributed by atoms with Crippen molar-refractivity contribution in [2.45, 2.75) is 25.7 Å². The molecule has 1 spiro atoms. The third-order valence-electron chi connectivity index (χ3n) is 4.75. The van der Waals surface area contributed by atoms with Crippen molar-refractivity contribution in [2.75, 3.05) is 26.2 Å². The van der Waals surface area contributed by atoms with E-state index < -0.39 is 0 Å². The van der Waals surface area contributed by atoms with E-state index in [1.807, 2.05) is 29.2 Å². The predicted molar refractivity (Wildman–Crippen MR) is 80.9 cm³/mol. The number of piperidine rings is 1. The molecule has 20 heavy (non-hydrogen) atoms. The van der Waals surface area contributed by atoms with E-state index in [0.29, 0.717) is 16.9 Å². The summed E-state index contributed by atoms with van der Waals surface area (Å²) in [5.74, 6) is 0.230.